The minimum Gasteiger partial charge on any atom is -0.266 e. The molecule has 3 nitrogen and oxygen atoms in total. The lowest BCUT2D eigenvalue weighted by Crippen LogP contribution is -2.01. The van der Waals surface area contributed by atoms with Crippen LogP contribution in [0.4, 0.5) is 5.69 Å². The van der Waals surface area contributed by atoms with Crippen molar-refractivity contribution in [2.45, 2.75) is 13.3 Å². The maximum absolute atomic E-state index is 5.02. The fourth-order valence-corrected chi connectivity index (χ4v) is 0.896. The number of anilines is 1. The predicted molar refractivity (Wildman–Crippen MR) is 52.0 cm³/mol. The summed E-state index contributed by atoms with van der Waals surface area (Å²) < 4.78 is 0. The van der Waals surface area contributed by atoms with Crippen LogP contribution in [0.5, 0.6) is 0 Å². The number of hydrogen-bond acceptors (Lipinski definition) is 3. The normalized spacial score (nSPS) is 9.23. The highest BCUT2D eigenvalue weighted by molar-refractivity contribution is 5.40. The molecule has 0 aliphatic carbocycles. The van der Waals surface area contributed by atoms with Gasteiger partial charge in [0.15, 0.2) is 0 Å². The van der Waals surface area contributed by atoms with E-state index in [2.05, 4.69) is 23.3 Å². The first-order valence-electron chi connectivity index (χ1n) is 4.13. The van der Waals surface area contributed by atoms with Crippen molar-refractivity contribution in [3.8, 4) is 12.3 Å². The van der Waals surface area contributed by atoms with Crippen LogP contribution >= 0.6 is 0 Å². The summed E-state index contributed by atoms with van der Waals surface area (Å²) in [6.45, 7) is 2.30. The Morgan fingerprint density at radius 1 is 1.69 bits per heavy atom. The number of terminal acetylenes is 1. The topological polar surface area (TPSA) is 34.1 Å². The Kier molecular flexibility index (Phi) is 3.80. The number of aryl methyl sites for hydroxylation is 1. The first-order chi connectivity index (χ1) is 6.36. The predicted octanol–water partition coefficient (Wildman–Crippen LogP) is 1.62. The molecule has 1 aromatic rings. The van der Waals surface area contributed by atoms with Crippen LogP contribution in [0.3, 0.4) is 0 Å². The van der Waals surface area contributed by atoms with Gasteiger partial charge in [-0.3, -0.25) is 15.3 Å². The molecule has 0 aliphatic heterocycles. The van der Waals surface area contributed by atoms with Crippen molar-refractivity contribution in [2.75, 3.05) is 12.1 Å². The minimum absolute atomic E-state index is 0.254. The number of nitrogens with zero attached hydrogens (tertiary/aromatic N) is 1. The lowest BCUT2D eigenvalue weighted by molar-refractivity contribution is 0.234. The number of aromatic nitrogens is 1. The zero-order chi connectivity index (χ0) is 9.52. The van der Waals surface area contributed by atoms with Gasteiger partial charge in [-0.1, -0.05) is 12.8 Å². The largest absolute Gasteiger partial charge is 0.266 e. The van der Waals surface area contributed by atoms with E-state index in [9.17, 15) is 0 Å². The number of nitrogens with one attached hydrogen (secondary N) is 1. The van der Waals surface area contributed by atoms with E-state index in [0.717, 1.165) is 17.8 Å². The van der Waals surface area contributed by atoms with Crippen LogP contribution < -0.4 is 5.48 Å². The van der Waals surface area contributed by atoms with E-state index in [1.165, 1.54) is 0 Å². The smallest absolute Gasteiger partial charge is 0.135 e. The highest BCUT2D eigenvalue weighted by atomic mass is 16.6. The molecule has 1 aromatic heterocycles. The fourth-order valence-electron chi connectivity index (χ4n) is 0.896. The van der Waals surface area contributed by atoms with Crippen molar-refractivity contribution in [2.24, 2.45) is 0 Å². The average Bonchev–Trinajstić information content (AvgIpc) is 2.19. The van der Waals surface area contributed by atoms with E-state index in [0.29, 0.717) is 0 Å². The first kappa shape index (κ1) is 9.56. The number of rotatable bonds is 4. The molecule has 0 atom stereocenters. The van der Waals surface area contributed by atoms with Crippen molar-refractivity contribution in [3.63, 3.8) is 0 Å². The van der Waals surface area contributed by atoms with Gasteiger partial charge < -0.3 is 0 Å². The molecule has 0 saturated carbocycles. The van der Waals surface area contributed by atoms with Gasteiger partial charge in [-0.25, -0.2) is 0 Å². The van der Waals surface area contributed by atoms with Gasteiger partial charge in [0.25, 0.3) is 0 Å². The van der Waals surface area contributed by atoms with E-state index in [1.54, 1.807) is 6.20 Å². The molecule has 0 unspecified atom stereocenters. The number of hydrogen-bond donors (Lipinski definition) is 1. The van der Waals surface area contributed by atoms with Crippen molar-refractivity contribution >= 4 is 5.69 Å². The summed E-state index contributed by atoms with van der Waals surface area (Å²) in [7, 11) is 0. The molecular formula is C10H12N2O. The van der Waals surface area contributed by atoms with Crippen LogP contribution in [0.25, 0.3) is 0 Å². The maximum atomic E-state index is 5.02. The average molecular weight is 176 g/mol. The molecule has 3 heteroatoms. The second-order valence-corrected chi connectivity index (χ2v) is 2.48. The summed E-state index contributed by atoms with van der Waals surface area (Å²) in [5.41, 5.74) is 4.64. The summed E-state index contributed by atoms with van der Waals surface area (Å²) in [6, 6.07) is 3.76. The van der Waals surface area contributed by atoms with Gasteiger partial charge in [-0.2, -0.15) is 0 Å². The molecule has 0 aliphatic rings. The third-order valence-corrected chi connectivity index (χ3v) is 1.52. The third-order valence-electron chi connectivity index (χ3n) is 1.52. The van der Waals surface area contributed by atoms with Gasteiger partial charge >= 0.3 is 0 Å². The summed E-state index contributed by atoms with van der Waals surface area (Å²) in [5, 5.41) is 0. The van der Waals surface area contributed by atoms with Gasteiger partial charge in [0.05, 0.1) is 5.69 Å². The SMILES string of the molecule is C#CCONc1ccnc(CC)c1. The molecule has 0 radical (unpaired) electrons. The van der Waals surface area contributed by atoms with Crippen molar-refractivity contribution in [3.05, 3.63) is 24.0 Å². The Morgan fingerprint density at radius 3 is 3.23 bits per heavy atom. The molecule has 68 valence electrons. The highest BCUT2D eigenvalue weighted by Crippen LogP contribution is 2.07. The Hall–Kier alpha value is -1.53. The Morgan fingerprint density at radius 2 is 2.54 bits per heavy atom. The summed E-state index contributed by atoms with van der Waals surface area (Å²) in [4.78, 5) is 9.10. The molecule has 1 N–H and O–H groups in total. The standard InChI is InChI=1S/C10H12N2O/c1-3-7-13-12-10-5-6-11-9(4-2)8-10/h1,5-6,8H,4,7H2,2H3,(H,11,12). The summed E-state index contributed by atoms with van der Waals surface area (Å²) in [5.74, 6) is 2.37. The third kappa shape index (κ3) is 3.14. The molecule has 0 spiro atoms. The molecule has 0 fully saturated rings. The lowest BCUT2D eigenvalue weighted by Gasteiger charge is -2.04. The molecule has 0 amide bonds. The van der Waals surface area contributed by atoms with Crippen LogP contribution in [0.2, 0.25) is 0 Å². The van der Waals surface area contributed by atoms with Crippen LogP contribution in [0.1, 0.15) is 12.6 Å². The molecule has 0 bridgehead atoms. The van der Waals surface area contributed by atoms with Crippen LogP contribution in [0, 0.1) is 12.3 Å². The molecule has 0 aromatic carbocycles. The molecule has 1 rings (SSSR count). The molecule has 1 heterocycles. The Balaban J connectivity index is 2.52. The van der Waals surface area contributed by atoms with Crippen molar-refractivity contribution in [1.29, 1.82) is 0 Å². The van der Waals surface area contributed by atoms with Gasteiger partial charge in [0.2, 0.25) is 0 Å². The maximum Gasteiger partial charge on any atom is 0.135 e. The van der Waals surface area contributed by atoms with Gasteiger partial charge in [0, 0.05) is 11.9 Å². The fraction of sp³-hybridized carbons (Fsp3) is 0.300. The Bertz CT molecular complexity index is 304. The molecule has 13 heavy (non-hydrogen) atoms. The summed E-state index contributed by atoms with van der Waals surface area (Å²) >= 11 is 0. The summed E-state index contributed by atoms with van der Waals surface area (Å²) in [6.07, 6.45) is 7.67. The zero-order valence-electron chi connectivity index (χ0n) is 7.58. The second-order valence-electron chi connectivity index (χ2n) is 2.48. The van der Waals surface area contributed by atoms with Gasteiger partial charge in [0.1, 0.15) is 6.61 Å². The van der Waals surface area contributed by atoms with E-state index in [-0.39, 0.29) is 6.61 Å². The number of pyridine rings is 1. The lowest BCUT2D eigenvalue weighted by atomic mass is 10.3. The van der Waals surface area contributed by atoms with Gasteiger partial charge in [-0.05, 0) is 18.6 Å². The van der Waals surface area contributed by atoms with Crippen LogP contribution in [0.15, 0.2) is 18.3 Å². The van der Waals surface area contributed by atoms with Crippen molar-refractivity contribution < 1.29 is 4.84 Å². The van der Waals surface area contributed by atoms with E-state index in [4.69, 9.17) is 11.3 Å². The molecular weight excluding hydrogens is 164 g/mol. The zero-order valence-corrected chi connectivity index (χ0v) is 7.58. The van der Waals surface area contributed by atoms with Gasteiger partial charge in [-0.15, -0.1) is 6.42 Å². The van der Waals surface area contributed by atoms with Crippen molar-refractivity contribution in [1.82, 2.24) is 4.98 Å². The van der Waals surface area contributed by atoms with E-state index < -0.39 is 0 Å². The quantitative estimate of drug-likeness (QED) is 0.430. The van der Waals surface area contributed by atoms with E-state index in [1.807, 2.05) is 12.1 Å². The minimum atomic E-state index is 0.254. The first-order valence-corrected chi connectivity index (χ1v) is 4.13. The Labute approximate surface area is 78.1 Å². The van der Waals surface area contributed by atoms with Crippen LogP contribution in [-0.2, 0) is 11.3 Å². The van der Waals surface area contributed by atoms with Crippen LogP contribution in [-0.4, -0.2) is 11.6 Å². The molecule has 0 saturated heterocycles. The highest BCUT2D eigenvalue weighted by Gasteiger charge is 1.93. The van der Waals surface area contributed by atoms with E-state index >= 15 is 0 Å². The second kappa shape index (κ2) is 5.18. The monoisotopic (exact) mass is 176 g/mol.